The Morgan fingerprint density at radius 1 is 0.704 bits per heavy atom. The fourth-order valence-electron chi connectivity index (χ4n) is 3.71. The first-order chi connectivity index (χ1) is 12.7. The zero-order valence-corrected chi connectivity index (χ0v) is 19.2. The van der Waals surface area contributed by atoms with Crippen LogP contribution >= 0.6 is 0 Å². The van der Waals surface area contributed by atoms with Gasteiger partial charge in [0.05, 0.1) is 0 Å². The molecule has 0 spiro atoms. The lowest BCUT2D eigenvalue weighted by molar-refractivity contribution is 0.474. The van der Waals surface area contributed by atoms with Crippen LogP contribution in [0.4, 0.5) is 0 Å². The zero-order chi connectivity index (χ0) is 19.9. The van der Waals surface area contributed by atoms with Crippen LogP contribution in [-0.4, -0.2) is 26.8 Å². The van der Waals surface area contributed by atoms with E-state index in [-0.39, 0.29) is 0 Å². The minimum absolute atomic E-state index is 0.348. The van der Waals surface area contributed by atoms with Gasteiger partial charge < -0.3 is 14.3 Å². The van der Waals surface area contributed by atoms with Crippen molar-refractivity contribution in [1.82, 2.24) is 0 Å². The summed E-state index contributed by atoms with van der Waals surface area (Å²) in [6.07, 6.45) is 4.20. The molecule has 2 rings (SSSR count). The van der Waals surface area contributed by atoms with E-state index in [2.05, 4.69) is 38.3 Å². The van der Waals surface area contributed by atoms with E-state index in [9.17, 15) is 10.2 Å². The molecular weight excluding hydrogens is 368 g/mol. The largest absolute Gasteiger partial charge is 0.508 e. The number of benzene rings is 2. The number of phenols is 2. The van der Waals surface area contributed by atoms with Crippen LogP contribution in [0.25, 0.3) is 0 Å². The molecule has 0 aromatic heterocycles. The zero-order valence-electron chi connectivity index (χ0n) is 17.2. The van der Waals surface area contributed by atoms with E-state index >= 15 is 0 Å². The highest BCUT2D eigenvalue weighted by Gasteiger charge is 2.32. The number of rotatable bonds is 10. The molecule has 2 aromatic carbocycles. The predicted octanol–water partition coefficient (Wildman–Crippen LogP) is 6.09. The highest BCUT2D eigenvalue weighted by atomic mass is 28.4. The van der Waals surface area contributed by atoms with Crippen molar-refractivity contribution in [3.8, 4) is 11.5 Å². The summed E-state index contributed by atoms with van der Waals surface area (Å²) in [4.78, 5) is 0. The van der Waals surface area contributed by atoms with Gasteiger partial charge in [0, 0.05) is 0 Å². The molecule has 3 nitrogen and oxygen atoms in total. The van der Waals surface area contributed by atoms with Crippen LogP contribution in [0.5, 0.6) is 11.5 Å². The van der Waals surface area contributed by atoms with Crippen LogP contribution in [0, 0.1) is 0 Å². The molecule has 0 saturated heterocycles. The molecule has 0 unspecified atom stereocenters. The molecule has 148 valence electrons. The van der Waals surface area contributed by atoms with E-state index in [1.807, 2.05) is 24.3 Å². The number of aromatic hydroxyl groups is 2. The van der Waals surface area contributed by atoms with E-state index in [0.29, 0.717) is 11.5 Å². The summed E-state index contributed by atoms with van der Waals surface area (Å²) in [7, 11) is -3.37. The first kappa shape index (κ1) is 21.7. The third-order valence-corrected chi connectivity index (χ3v) is 12.4. The van der Waals surface area contributed by atoms with Crippen molar-refractivity contribution in [1.29, 1.82) is 0 Å². The second-order valence-electron chi connectivity index (χ2n) is 8.67. The van der Waals surface area contributed by atoms with Crippen molar-refractivity contribution in [2.45, 2.75) is 64.0 Å². The van der Waals surface area contributed by atoms with Gasteiger partial charge in [0.25, 0.3) is 0 Å². The van der Waals surface area contributed by atoms with Crippen LogP contribution in [0.2, 0.25) is 38.3 Å². The van der Waals surface area contributed by atoms with Crippen molar-refractivity contribution >= 4 is 16.6 Å². The van der Waals surface area contributed by atoms with Crippen molar-refractivity contribution in [2.75, 3.05) is 0 Å². The van der Waals surface area contributed by atoms with E-state index in [1.54, 1.807) is 12.1 Å². The molecule has 0 aliphatic heterocycles. The van der Waals surface area contributed by atoms with Crippen molar-refractivity contribution < 1.29 is 14.3 Å². The summed E-state index contributed by atoms with van der Waals surface area (Å²) < 4.78 is 6.73. The van der Waals surface area contributed by atoms with Gasteiger partial charge >= 0.3 is 0 Å². The molecule has 0 bridgehead atoms. The van der Waals surface area contributed by atoms with Gasteiger partial charge in [-0.1, -0.05) is 24.3 Å². The molecule has 2 N–H and O–H groups in total. The molecule has 0 aliphatic rings. The summed E-state index contributed by atoms with van der Waals surface area (Å²) in [5.74, 6) is 0.695. The van der Waals surface area contributed by atoms with Gasteiger partial charge in [-0.3, -0.25) is 0 Å². The lowest BCUT2D eigenvalue weighted by Gasteiger charge is -2.34. The van der Waals surface area contributed by atoms with Gasteiger partial charge in [-0.25, -0.2) is 0 Å². The average Bonchev–Trinajstić information content (AvgIpc) is 2.53. The third-order valence-electron chi connectivity index (χ3n) is 4.86. The standard InChI is InChI=1S/C22H34O3Si2/c1-26(2,15-7-11-19-9-5-13-21(23)17-19)25-27(3,4)16-8-12-20-10-6-14-22(24)18-20/h5-6,9-10,13-14,17-18,23-24H,7-8,11-12,15-16H2,1-4H3. The summed E-state index contributed by atoms with van der Waals surface area (Å²) in [5, 5.41) is 19.2. The number of hydrogen-bond acceptors (Lipinski definition) is 3. The summed E-state index contributed by atoms with van der Waals surface area (Å²) in [6, 6.07) is 17.4. The van der Waals surface area contributed by atoms with Crippen molar-refractivity contribution in [3.63, 3.8) is 0 Å². The van der Waals surface area contributed by atoms with E-state index in [4.69, 9.17) is 4.12 Å². The van der Waals surface area contributed by atoms with E-state index in [1.165, 1.54) is 11.1 Å². The molecule has 0 atom stereocenters. The summed E-state index contributed by atoms with van der Waals surface area (Å²) in [5.41, 5.74) is 2.39. The molecule has 0 radical (unpaired) electrons. The maximum Gasteiger partial charge on any atom is 0.173 e. The first-order valence-corrected chi connectivity index (χ1v) is 16.1. The second kappa shape index (κ2) is 9.58. The number of phenolic OH excluding ortho intramolecular Hbond substituents is 2. The highest BCUT2D eigenvalue weighted by Crippen LogP contribution is 2.26. The monoisotopic (exact) mass is 402 g/mol. The molecular formula is C22H34O3Si2. The SMILES string of the molecule is C[Si](C)(CCCc1cccc(O)c1)O[Si](C)(C)CCCc1cccc(O)c1. The highest BCUT2D eigenvalue weighted by molar-refractivity contribution is 6.84. The van der Waals surface area contributed by atoms with Crippen LogP contribution < -0.4 is 0 Å². The maximum absolute atomic E-state index is 9.58. The quantitative estimate of drug-likeness (QED) is 0.473. The van der Waals surface area contributed by atoms with E-state index < -0.39 is 16.6 Å². The summed E-state index contributed by atoms with van der Waals surface area (Å²) >= 11 is 0. The van der Waals surface area contributed by atoms with Crippen LogP contribution in [-0.2, 0) is 17.0 Å². The van der Waals surface area contributed by atoms with Gasteiger partial charge in [-0.2, -0.15) is 0 Å². The Hall–Kier alpha value is -1.57. The minimum atomic E-state index is -1.69. The molecule has 0 heterocycles. The molecule has 0 fully saturated rings. The minimum Gasteiger partial charge on any atom is -0.508 e. The smallest absolute Gasteiger partial charge is 0.173 e. The molecule has 27 heavy (non-hydrogen) atoms. The summed E-state index contributed by atoms with van der Waals surface area (Å²) in [6.45, 7) is 9.33. The lowest BCUT2D eigenvalue weighted by atomic mass is 10.1. The first-order valence-electron chi connectivity index (χ1n) is 9.91. The fourth-order valence-corrected chi connectivity index (χ4v) is 12.6. The topological polar surface area (TPSA) is 49.7 Å². The van der Waals surface area contributed by atoms with Gasteiger partial charge in [-0.15, -0.1) is 0 Å². The van der Waals surface area contributed by atoms with Gasteiger partial charge in [0.15, 0.2) is 16.6 Å². The maximum atomic E-state index is 9.58. The van der Waals surface area contributed by atoms with Gasteiger partial charge in [-0.05, 0) is 99.4 Å². The normalized spacial score (nSPS) is 12.3. The fraction of sp³-hybridized carbons (Fsp3) is 0.455. The van der Waals surface area contributed by atoms with Crippen molar-refractivity contribution in [2.24, 2.45) is 0 Å². The van der Waals surface area contributed by atoms with Crippen molar-refractivity contribution in [3.05, 3.63) is 59.7 Å². The van der Waals surface area contributed by atoms with Crippen LogP contribution in [0.15, 0.2) is 48.5 Å². The Kier molecular flexibility index (Phi) is 7.71. The second-order valence-corrected chi connectivity index (χ2v) is 17.5. The lowest BCUT2D eigenvalue weighted by Crippen LogP contribution is -2.44. The molecule has 0 saturated carbocycles. The Bertz CT molecular complexity index is 668. The molecule has 5 heteroatoms. The number of hydrogen-bond donors (Lipinski definition) is 2. The molecule has 2 aromatic rings. The van der Waals surface area contributed by atoms with Crippen LogP contribution in [0.1, 0.15) is 24.0 Å². The van der Waals surface area contributed by atoms with Crippen LogP contribution in [0.3, 0.4) is 0 Å². The molecule has 0 amide bonds. The molecule has 0 aliphatic carbocycles. The Morgan fingerprint density at radius 2 is 1.11 bits per heavy atom. The Morgan fingerprint density at radius 3 is 1.48 bits per heavy atom. The predicted molar refractivity (Wildman–Crippen MR) is 119 cm³/mol. The van der Waals surface area contributed by atoms with Gasteiger partial charge in [0.1, 0.15) is 11.5 Å². The number of aryl methyl sites for hydroxylation is 2. The average molecular weight is 403 g/mol. The Balaban J connectivity index is 1.76. The van der Waals surface area contributed by atoms with E-state index in [0.717, 1.165) is 37.8 Å². The Labute approximate surface area is 166 Å². The van der Waals surface area contributed by atoms with Gasteiger partial charge in [0.2, 0.25) is 0 Å². The third kappa shape index (κ3) is 8.32.